The molecule has 0 saturated heterocycles. The molecule has 0 spiro atoms. The Kier molecular flexibility index (Phi) is 4.01. The van der Waals surface area contributed by atoms with Gasteiger partial charge in [0.1, 0.15) is 0 Å². The van der Waals surface area contributed by atoms with Crippen LogP contribution in [0.4, 0.5) is 6.01 Å². The highest BCUT2D eigenvalue weighted by Crippen LogP contribution is 2.28. The molecule has 1 aromatic rings. The third-order valence-corrected chi connectivity index (χ3v) is 4.26. The van der Waals surface area contributed by atoms with E-state index in [4.69, 9.17) is 4.42 Å². The molecular weight excluding hydrogens is 240 g/mol. The summed E-state index contributed by atoms with van der Waals surface area (Å²) in [6.07, 6.45) is 7.90. The van der Waals surface area contributed by atoms with Crippen molar-refractivity contribution in [2.75, 3.05) is 11.9 Å². The molecule has 0 amide bonds. The summed E-state index contributed by atoms with van der Waals surface area (Å²) in [5, 5.41) is 14.8. The third-order valence-electron chi connectivity index (χ3n) is 4.26. The van der Waals surface area contributed by atoms with E-state index in [1.807, 2.05) is 0 Å². The topological polar surface area (TPSA) is 63.0 Å². The summed E-state index contributed by atoms with van der Waals surface area (Å²) >= 11 is 0. The van der Waals surface area contributed by atoms with E-state index < -0.39 is 0 Å². The van der Waals surface area contributed by atoms with Crippen molar-refractivity contribution in [1.29, 1.82) is 0 Å². The first-order valence-corrected chi connectivity index (χ1v) is 7.59. The summed E-state index contributed by atoms with van der Waals surface area (Å²) in [6, 6.07) is 1.25. The van der Waals surface area contributed by atoms with Crippen molar-refractivity contribution >= 4 is 6.01 Å². The van der Waals surface area contributed by atoms with Gasteiger partial charge in [-0.1, -0.05) is 24.9 Å². The average Bonchev–Trinajstić information content (AvgIpc) is 3.15. The highest BCUT2D eigenvalue weighted by Gasteiger charge is 2.21. The van der Waals surface area contributed by atoms with Crippen molar-refractivity contribution in [2.45, 2.75) is 58.0 Å². The second-order valence-corrected chi connectivity index (χ2v) is 6.16. The van der Waals surface area contributed by atoms with Gasteiger partial charge >= 0.3 is 6.01 Å². The van der Waals surface area contributed by atoms with Gasteiger partial charge in [-0.05, 0) is 37.5 Å². The van der Waals surface area contributed by atoms with Crippen LogP contribution in [0, 0.1) is 11.8 Å². The first kappa shape index (κ1) is 12.9. The minimum absolute atomic E-state index is 0.575. The monoisotopic (exact) mass is 264 g/mol. The Morgan fingerprint density at radius 2 is 1.89 bits per heavy atom. The fraction of sp³-hybridized carbons (Fsp3) is 0.857. The fourth-order valence-electron chi connectivity index (χ4n) is 2.68. The highest BCUT2D eigenvalue weighted by molar-refractivity contribution is 5.17. The molecule has 0 aromatic carbocycles. The smallest absolute Gasteiger partial charge is 0.315 e. The Morgan fingerprint density at radius 1 is 1.11 bits per heavy atom. The molecule has 5 nitrogen and oxygen atoms in total. The summed E-state index contributed by atoms with van der Waals surface area (Å²) in [6.45, 7) is 4.01. The average molecular weight is 264 g/mol. The Morgan fingerprint density at radius 3 is 2.63 bits per heavy atom. The Bertz CT molecular complexity index is 394. The maximum Gasteiger partial charge on any atom is 0.315 e. The van der Waals surface area contributed by atoms with Crippen molar-refractivity contribution in [2.24, 2.45) is 11.8 Å². The van der Waals surface area contributed by atoms with E-state index in [0.717, 1.165) is 18.4 Å². The van der Waals surface area contributed by atoms with Crippen LogP contribution in [0.2, 0.25) is 0 Å². The van der Waals surface area contributed by atoms with Gasteiger partial charge in [0, 0.05) is 12.6 Å². The first-order chi connectivity index (χ1) is 9.29. The first-order valence-electron chi connectivity index (χ1n) is 7.59. The molecule has 5 heteroatoms. The summed E-state index contributed by atoms with van der Waals surface area (Å²) in [7, 11) is 0. The molecule has 0 atom stereocenters. The lowest BCUT2D eigenvalue weighted by molar-refractivity contribution is 0.299. The largest absolute Gasteiger partial charge is 0.407 e. The van der Waals surface area contributed by atoms with Gasteiger partial charge < -0.3 is 15.1 Å². The van der Waals surface area contributed by atoms with Gasteiger partial charge in [-0.3, -0.25) is 0 Å². The van der Waals surface area contributed by atoms with Crippen LogP contribution in [-0.4, -0.2) is 22.8 Å². The molecule has 2 saturated carbocycles. The maximum atomic E-state index is 5.58. The predicted octanol–water partition coefficient (Wildman–Crippen LogP) is 2.56. The number of nitrogens with one attached hydrogen (secondary N) is 2. The summed E-state index contributed by atoms with van der Waals surface area (Å²) in [4.78, 5) is 0. The normalized spacial score (nSPS) is 27.4. The van der Waals surface area contributed by atoms with E-state index in [-0.39, 0.29) is 0 Å². The molecule has 0 radical (unpaired) electrons. The van der Waals surface area contributed by atoms with E-state index >= 15 is 0 Å². The minimum atomic E-state index is 0.575. The molecule has 1 heterocycles. The predicted molar refractivity (Wildman–Crippen MR) is 73.8 cm³/mol. The lowest BCUT2D eigenvalue weighted by Crippen LogP contribution is -2.20. The Balaban J connectivity index is 1.39. The molecule has 0 bridgehead atoms. The molecule has 2 N–H and O–H groups in total. The molecule has 106 valence electrons. The van der Waals surface area contributed by atoms with E-state index in [9.17, 15) is 0 Å². The number of anilines is 1. The van der Waals surface area contributed by atoms with Crippen LogP contribution in [0.5, 0.6) is 0 Å². The van der Waals surface area contributed by atoms with Crippen LogP contribution < -0.4 is 10.6 Å². The zero-order valence-corrected chi connectivity index (χ0v) is 11.7. The lowest BCUT2D eigenvalue weighted by Gasteiger charge is -2.25. The second-order valence-electron chi connectivity index (χ2n) is 6.16. The van der Waals surface area contributed by atoms with Gasteiger partial charge in [0.25, 0.3) is 0 Å². The molecule has 2 aliphatic carbocycles. The van der Waals surface area contributed by atoms with Crippen LogP contribution in [0.25, 0.3) is 0 Å². The lowest BCUT2D eigenvalue weighted by atomic mass is 9.83. The SMILES string of the molecule is CC1CCC(CNc2nnc(CNC3CC3)o2)CC1. The van der Waals surface area contributed by atoms with Gasteiger partial charge in [0.2, 0.25) is 5.89 Å². The van der Waals surface area contributed by atoms with Crippen molar-refractivity contribution in [3.63, 3.8) is 0 Å². The summed E-state index contributed by atoms with van der Waals surface area (Å²) in [5.41, 5.74) is 0. The van der Waals surface area contributed by atoms with Gasteiger partial charge in [0.05, 0.1) is 6.54 Å². The van der Waals surface area contributed by atoms with E-state index in [2.05, 4.69) is 27.8 Å². The second kappa shape index (κ2) is 5.90. The van der Waals surface area contributed by atoms with Crippen LogP contribution >= 0.6 is 0 Å². The van der Waals surface area contributed by atoms with Crippen LogP contribution in [0.15, 0.2) is 4.42 Å². The number of rotatable bonds is 6. The van der Waals surface area contributed by atoms with Crippen molar-refractivity contribution in [3.05, 3.63) is 5.89 Å². The van der Waals surface area contributed by atoms with Crippen molar-refractivity contribution in [3.8, 4) is 0 Å². The number of hydrogen-bond acceptors (Lipinski definition) is 5. The molecular formula is C14H24N4O. The van der Waals surface area contributed by atoms with Gasteiger partial charge in [-0.15, -0.1) is 5.10 Å². The van der Waals surface area contributed by atoms with Gasteiger partial charge in [0.15, 0.2) is 0 Å². The Labute approximate surface area is 114 Å². The zero-order valence-electron chi connectivity index (χ0n) is 11.7. The van der Waals surface area contributed by atoms with Crippen molar-refractivity contribution < 1.29 is 4.42 Å². The number of nitrogens with zero attached hydrogens (tertiary/aromatic N) is 2. The van der Waals surface area contributed by atoms with E-state index in [1.54, 1.807) is 0 Å². The van der Waals surface area contributed by atoms with Gasteiger partial charge in [-0.2, -0.15) is 0 Å². The van der Waals surface area contributed by atoms with E-state index in [1.165, 1.54) is 38.5 Å². The van der Waals surface area contributed by atoms with Crippen LogP contribution in [0.3, 0.4) is 0 Å². The molecule has 19 heavy (non-hydrogen) atoms. The molecule has 0 unspecified atom stereocenters. The summed E-state index contributed by atoms with van der Waals surface area (Å²) < 4.78 is 5.58. The van der Waals surface area contributed by atoms with Gasteiger partial charge in [-0.25, -0.2) is 0 Å². The molecule has 2 aliphatic rings. The molecule has 3 rings (SSSR count). The standard InChI is InChI=1S/C14H24N4O/c1-10-2-4-11(5-3-10)8-16-14-18-17-13(19-14)9-15-12-6-7-12/h10-12,15H,2-9H2,1H3,(H,16,18). The molecule has 0 aliphatic heterocycles. The number of hydrogen-bond donors (Lipinski definition) is 2. The third kappa shape index (κ3) is 3.93. The minimum Gasteiger partial charge on any atom is -0.407 e. The molecule has 2 fully saturated rings. The highest BCUT2D eigenvalue weighted by atomic mass is 16.4. The van der Waals surface area contributed by atoms with E-state index in [0.29, 0.717) is 24.5 Å². The fourth-order valence-corrected chi connectivity index (χ4v) is 2.68. The summed E-state index contributed by atoms with van der Waals surface area (Å²) in [5.74, 6) is 2.35. The van der Waals surface area contributed by atoms with Crippen LogP contribution in [0.1, 0.15) is 51.3 Å². The van der Waals surface area contributed by atoms with Crippen molar-refractivity contribution in [1.82, 2.24) is 15.5 Å². The quantitative estimate of drug-likeness (QED) is 0.826. The number of aromatic nitrogens is 2. The zero-order chi connectivity index (χ0) is 13.1. The Hall–Kier alpha value is -1.10. The van der Waals surface area contributed by atoms with Crippen LogP contribution in [-0.2, 0) is 6.54 Å². The maximum absolute atomic E-state index is 5.58. The molecule has 1 aromatic heterocycles.